The van der Waals surface area contributed by atoms with Gasteiger partial charge in [0, 0.05) is 35.7 Å². The summed E-state index contributed by atoms with van der Waals surface area (Å²) < 4.78 is 5.17. The fourth-order valence-corrected chi connectivity index (χ4v) is 4.10. The summed E-state index contributed by atoms with van der Waals surface area (Å²) in [6, 6.07) is 11.2. The number of benzene rings is 2. The number of aromatic nitrogens is 2. The van der Waals surface area contributed by atoms with Crippen LogP contribution in [-0.4, -0.2) is 51.9 Å². The summed E-state index contributed by atoms with van der Waals surface area (Å²) in [6.07, 6.45) is 0.484. The SMILES string of the molecule is COc1ccc2cc(C(=O)Nc3ccc4c(c3)CN(C3CCC(=O)NC3=O)C4=O)nnc2c1. The maximum Gasteiger partial charge on any atom is 0.276 e. The van der Waals surface area contributed by atoms with E-state index in [1.165, 1.54) is 4.90 Å². The molecule has 0 radical (unpaired) electrons. The number of carbonyl (C=O) groups excluding carboxylic acids is 4. The number of piperidine rings is 1. The van der Waals surface area contributed by atoms with Crippen LogP contribution in [0.15, 0.2) is 42.5 Å². The first-order valence-corrected chi connectivity index (χ1v) is 10.3. The number of imide groups is 1. The second-order valence-corrected chi connectivity index (χ2v) is 7.88. The Kier molecular flexibility index (Phi) is 4.97. The molecule has 0 spiro atoms. The van der Waals surface area contributed by atoms with E-state index < -0.39 is 17.9 Å². The monoisotopic (exact) mass is 445 g/mol. The fraction of sp³-hybridized carbons (Fsp3) is 0.217. The average Bonchev–Trinajstić information content (AvgIpc) is 3.13. The highest BCUT2D eigenvalue weighted by atomic mass is 16.5. The van der Waals surface area contributed by atoms with Crippen molar-refractivity contribution in [3.05, 3.63) is 59.3 Å². The number of carbonyl (C=O) groups is 4. The van der Waals surface area contributed by atoms with Gasteiger partial charge in [-0.3, -0.25) is 24.5 Å². The molecule has 2 aliphatic rings. The zero-order valence-corrected chi connectivity index (χ0v) is 17.6. The molecule has 1 fully saturated rings. The Morgan fingerprint density at radius 1 is 1.12 bits per heavy atom. The minimum Gasteiger partial charge on any atom is -0.497 e. The Morgan fingerprint density at radius 3 is 2.76 bits per heavy atom. The van der Waals surface area contributed by atoms with Gasteiger partial charge in [-0.2, -0.15) is 0 Å². The number of ether oxygens (including phenoxy) is 1. The van der Waals surface area contributed by atoms with Crippen LogP contribution in [0.2, 0.25) is 0 Å². The second kappa shape index (κ2) is 7.97. The van der Waals surface area contributed by atoms with E-state index in [0.717, 1.165) is 5.39 Å². The largest absolute Gasteiger partial charge is 0.497 e. The highest BCUT2D eigenvalue weighted by Crippen LogP contribution is 2.29. The highest BCUT2D eigenvalue weighted by Gasteiger charge is 2.39. The number of hydrogen-bond acceptors (Lipinski definition) is 7. The van der Waals surface area contributed by atoms with Gasteiger partial charge in [0.25, 0.3) is 11.8 Å². The van der Waals surface area contributed by atoms with Crippen LogP contribution in [0.4, 0.5) is 5.69 Å². The Bertz CT molecular complexity index is 1340. The van der Waals surface area contributed by atoms with Gasteiger partial charge in [-0.1, -0.05) is 0 Å². The minimum atomic E-state index is -0.688. The van der Waals surface area contributed by atoms with Gasteiger partial charge in [0.1, 0.15) is 11.8 Å². The van der Waals surface area contributed by atoms with Crippen molar-refractivity contribution in [1.82, 2.24) is 20.4 Å². The molecule has 33 heavy (non-hydrogen) atoms. The fourth-order valence-electron chi connectivity index (χ4n) is 4.10. The lowest BCUT2D eigenvalue weighted by Crippen LogP contribution is -2.52. The molecular weight excluding hydrogens is 426 g/mol. The van der Waals surface area contributed by atoms with Crippen molar-refractivity contribution in [1.29, 1.82) is 0 Å². The number of nitrogens with zero attached hydrogens (tertiary/aromatic N) is 3. The van der Waals surface area contributed by atoms with E-state index in [1.807, 2.05) is 0 Å². The number of anilines is 1. The Labute approximate surface area is 187 Å². The standard InChI is InChI=1S/C23H19N5O5/c1-33-15-4-2-12-9-18(27-26-17(12)10-15)21(30)24-14-3-5-16-13(8-14)11-28(23(16)32)19-6-7-20(29)25-22(19)31/h2-5,8-10,19H,6-7,11H2,1H3,(H,24,30)(H,25,29,31). The predicted octanol–water partition coefficient (Wildman–Crippen LogP) is 1.65. The van der Waals surface area contributed by atoms with Crippen LogP contribution in [0.5, 0.6) is 5.75 Å². The molecule has 166 valence electrons. The van der Waals surface area contributed by atoms with E-state index in [2.05, 4.69) is 20.8 Å². The van der Waals surface area contributed by atoms with Gasteiger partial charge in [0.05, 0.1) is 12.6 Å². The van der Waals surface area contributed by atoms with Crippen molar-refractivity contribution < 1.29 is 23.9 Å². The van der Waals surface area contributed by atoms with Crippen LogP contribution in [-0.2, 0) is 16.1 Å². The number of amides is 4. The first kappa shape index (κ1) is 20.6. The summed E-state index contributed by atoms with van der Waals surface area (Å²) >= 11 is 0. The molecule has 1 unspecified atom stereocenters. The van der Waals surface area contributed by atoms with Crippen LogP contribution in [0.3, 0.4) is 0 Å². The predicted molar refractivity (Wildman–Crippen MR) is 117 cm³/mol. The Balaban J connectivity index is 1.33. The molecule has 2 aromatic carbocycles. The molecule has 3 aromatic rings. The minimum absolute atomic E-state index is 0.148. The Hall–Kier alpha value is -4.34. The third-order valence-corrected chi connectivity index (χ3v) is 5.81. The van der Waals surface area contributed by atoms with Gasteiger partial charge < -0.3 is 15.0 Å². The van der Waals surface area contributed by atoms with Crippen LogP contribution in [0.1, 0.15) is 39.3 Å². The maximum atomic E-state index is 12.8. The molecule has 5 rings (SSSR count). The smallest absolute Gasteiger partial charge is 0.276 e. The van der Waals surface area contributed by atoms with Gasteiger partial charge in [-0.25, -0.2) is 0 Å². The van der Waals surface area contributed by atoms with Crippen molar-refractivity contribution in [2.24, 2.45) is 0 Å². The lowest BCUT2D eigenvalue weighted by atomic mass is 10.0. The molecule has 0 aliphatic carbocycles. The zero-order valence-electron chi connectivity index (χ0n) is 17.6. The van der Waals surface area contributed by atoms with Gasteiger partial charge >= 0.3 is 0 Å². The Morgan fingerprint density at radius 2 is 1.97 bits per heavy atom. The van der Waals surface area contributed by atoms with Crippen LogP contribution < -0.4 is 15.4 Å². The van der Waals surface area contributed by atoms with Gasteiger partial charge in [0.15, 0.2) is 5.69 Å². The van der Waals surface area contributed by atoms with Crippen molar-refractivity contribution >= 4 is 40.2 Å². The van der Waals surface area contributed by atoms with Crippen molar-refractivity contribution in [3.63, 3.8) is 0 Å². The topological polar surface area (TPSA) is 131 Å². The van der Waals surface area contributed by atoms with E-state index in [4.69, 9.17) is 4.74 Å². The van der Waals surface area contributed by atoms with Gasteiger partial charge in [0.2, 0.25) is 11.8 Å². The molecule has 10 nitrogen and oxygen atoms in total. The first-order valence-electron chi connectivity index (χ1n) is 10.3. The van der Waals surface area contributed by atoms with E-state index in [9.17, 15) is 19.2 Å². The first-order chi connectivity index (χ1) is 15.9. The van der Waals surface area contributed by atoms with E-state index in [-0.39, 0.29) is 30.5 Å². The number of hydrogen-bond donors (Lipinski definition) is 2. The van der Waals surface area contributed by atoms with E-state index in [0.29, 0.717) is 34.5 Å². The van der Waals surface area contributed by atoms with Crippen molar-refractivity contribution in [3.8, 4) is 5.75 Å². The van der Waals surface area contributed by atoms with E-state index in [1.54, 1.807) is 49.6 Å². The van der Waals surface area contributed by atoms with Crippen LogP contribution >= 0.6 is 0 Å². The quantitative estimate of drug-likeness (QED) is 0.584. The summed E-state index contributed by atoms with van der Waals surface area (Å²) in [5.74, 6) is -0.859. The lowest BCUT2D eigenvalue weighted by molar-refractivity contribution is -0.136. The number of methoxy groups -OCH3 is 1. The molecule has 2 aliphatic heterocycles. The second-order valence-electron chi connectivity index (χ2n) is 7.88. The summed E-state index contributed by atoms with van der Waals surface area (Å²) in [5.41, 5.74) is 2.41. The highest BCUT2D eigenvalue weighted by molar-refractivity contribution is 6.07. The van der Waals surface area contributed by atoms with Crippen molar-refractivity contribution in [2.45, 2.75) is 25.4 Å². The lowest BCUT2D eigenvalue weighted by Gasteiger charge is -2.29. The average molecular weight is 445 g/mol. The van der Waals surface area contributed by atoms with Gasteiger partial charge in [-0.05, 0) is 48.4 Å². The maximum absolute atomic E-state index is 12.8. The number of nitrogens with one attached hydrogen (secondary N) is 2. The van der Waals surface area contributed by atoms with Crippen molar-refractivity contribution in [2.75, 3.05) is 12.4 Å². The third-order valence-electron chi connectivity index (χ3n) is 5.81. The molecule has 3 heterocycles. The molecule has 4 amide bonds. The summed E-state index contributed by atoms with van der Waals surface area (Å²) in [7, 11) is 1.56. The van der Waals surface area contributed by atoms with Crippen LogP contribution in [0.25, 0.3) is 10.9 Å². The van der Waals surface area contributed by atoms with Gasteiger partial charge in [-0.15, -0.1) is 10.2 Å². The molecule has 10 heteroatoms. The molecule has 1 atom stereocenters. The number of rotatable bonds is 4. The molecule has 0 bridgehead atoms. The van der Waals surface area contributed by atoms with E-state index >= 15 is 0 Å². The summed E-state index contributed by atoms with van der Waals surface area (Å²) in [6.45, 7) is 0.224. The molecular formula is C23H19N5O5. The zero-order chi connectivity index (χ0) is 23.1. The molecule has 1 saturated heterocycles. The number of fused-ring (bicyclic) bond motifs is 2. The molecule has 2 N–H and O–H groups in total. The molecule has 0 saturated carbocycles. The summed E-state index contributed by atoms with van der Waals surface area (Å²) in [4.78, 5) is 50.6. The van der Waals surface area contributed by atoms with Crippen LogP contribution in [0, 0.1) is 0 Å². The normalized spacial score (nSPS) is 17.7. The third kappa shape index (κ3) is 3.75. The summed E-state index contributed by atoms with van der Waals surface area (Å²) in [5, 5.41) is 13.9. The molecule has 1 aromatic heterocycles.